The van der Waals surface area contributed by atoms with Gasteiger partial charge in [-0.1, -0.05) is 0 Å². The van der Waals surface area contributed by atoms with E-state index in [2.05, 4.69) is 16.8 Å². The second-order valence-electron chi connectivity index (χ2n) is 7.69. The average Bonchev–Trinajstić information content (AvgIpc) is 3.17. The molecule has 2 aromatic rings. The lowest BCUT2D eigenvalue weighted by Crippen LogP contribution is -2.37. The maximum Gasteiger partial charge on any atom is 0.417 e. The van der Waals surface area contributed by atoms with Gasteiger partial charge in [0.1, 0.15) is 0 Å². The minimum Gasteiger partial charge on any atom is -0.390 e. The molecule has 0 bridgehead atoms. The molecule has 2 atom stereocenters. The Balaban J connectivity index is 1.78. The van der Waals surface area contributed by atoms with Crippen LogP contribution in [0.1, 0.15) is 44.6 Å². The van der Waals surface area contributed by atoms with E-state index >= 15 is 0 Å². The van der Waals surface area contributed by atoms with Gasteiger partial charge in [0.05, 0.1) is 11.2 Å². The predicted molar refractivity (Wildman–Crippen MR) is 93.3 cm³/mol. The molecular weight excluding hydrogens is 345 g/mol. The standard InChI is InChI=1S/C19H21F3N2O2/c1-11-2-3-13(10-18(26)6-7-18)24(11)12-4-5-16-14(8-12)15(19(20,21)22)9-17(25)23-16/h4-5,8-9,11,13,26H,2-3,6-7,10H2,1H3,(H,23,25)/t11-,13?/m1/s1. The summed E-state index contributed by atoms with van der Waals surface area (Å²) < 4.78 is 40.2. The van der Waals surface area contributed by atoms with Crippen molar-refractivity contribution in [3.63, 3.8) is 0 Å². The van der Waals surface area contributed by atoms with Gasteiger partial charge >= 0.3 is 6.18 Å². The second kappa shape index (κ2) is 5.74. The number of nitrogens with zero attached hydrogens (tertiary/aromatic N) is 1. The number of hydrogen-bond acceptors (Lipinski definition) is 3. The first-order valence-electron chi connectivity index (χ1n) is 8.91. The van der Waals surface area contributed by atoms with E-state index in [0.717, 1.165) is 25.7 Å². The third-order valence-corrected chi connectivity index (χ3v) is 5.66. The minimum atomic E-state index is -4.59. The highest BCUT2D eigenvalue weighted by atomic mass is 19.4. The van der Waals surface area contributed by atoms with Crippen molar-refractivity contribution in [2.45, 2.75) is 62.9 Å². The Hall–Kier alpha value is -2.02. The summed E-state index contributed by atoms with van der Waals surface area (Å²) in [6, 6.07) is 5.73. The fraction of sp³-hybridized carbons (Fsp3) is 0.526. The van der Waals surface area contributed by atoms with E-state index in [1.807, 2.05) is 0 Å². The van der Waals surface area contributed by atoms with Gasteiger partial charge in [-0.15, -0.1) is 0 Å². The van der Waals surface area contributed by atoms with Crippen LogP contribution in [0, 0.1) is 0 Å². The molecule has 140 valence electrons. The van der Waals surface area contributed by atoms with Gasteiger partial charge in [-0.05, 0) is 57.2 Å². The summed E-state index contributed by atoms with van der Waals surface area (Å²) in [4.78, 5) is 16.2. The number of pyridine rings is 1. The van der Waals surface area contributed by atoms with Crippen molar-refractivity contribution in [1.82, 2.24) is 4.98 Å². The number of anilines is 1. The van der Waals surface area contributed by atoms with Crippen LogP contribution < -0.4 is 10.5 Å². The van der Waals surface area contributed by atoms with Crippen LogP contribution in [-0.2, 0) is 6.18 Å². The van der Waals surface area contributed by atoms with Crippen LogP contribution in [0.5, 0.6) is 0 Å². The Bertz CT molecular complexity index is 902. The van der Waals surface area contributed by atoms with Crippen molar-refractivity contribution in [2.24, 2.45) is 0 Å². The van der Waals surface area contributed by atoms with Crippen LogP contribution >= 0.6 is 0 Å². The molecule has 1 aromatic heterocycles. The summed E-state index contributed by atoms with van der Waals surface area (Å²) >= 11 is 0. The van der Waals surface area contributed by atoms with Gasteiger partial charge < -0.3 is 15.0 Å². The summed E-state index contributed by atoms with van der Waals surface area (Å²) in [6.07, 6.45) is -0.501. The van der Waals surface area contributed by atoms with Crippen LogP contribution in [0.2, 0.25) is 0 Å². The van der Waals surface area contributed by atoms with E-state index in [1.54, 1.807) is 6.07 Å². The molecule has 4 rings (SSSR count). The normalized spacial score (nSPS) is 25.0. The maximum atomic E-state index is 13.4. The predicted octanol–water partition coefficient (Wildman–Crippen LogP) is 3.82. The minimum absolute atomic E-state index is 0.00224. The highest BCUT2D eigenvalue weighted by Crippen LogP contribution is 2.44. The molecule has 2 heterocycles. The molecule has 0 spiro atoms. The molecular formula is C19H21F3N2O2. The van der Waals surface area contributed by atoms with Crippen molar-refractivity contribution in [3.8, 4) is 0 Å². The Morgan fingerprint density at radius 2 is 2.00 bits per heavy atom. The van der Waals surface area contributed by atoms with Crippen molar-refractivity contribution in [1.29, 1.82) is 0 Å². The molecule has 1 aromatic carbocycles. The van der Waals surface area contributed by atoms with Crippen LogP contribution in [0.15, 0.2) is 29.1 Å². The first-order chi connectivity index (χ1) is 12.2. The summed E-state index contributed by atoms with van der Waals surface area (Å²) in [5.41, 5.74) is -1.40. The Labute approximate surface area is 148 Å². The Kier molecular flexibility index (Phi) is 3.84. The highest BCUT2D eigenvalue weighted by Gasteiger charge is 2.45. The monoisotopic (exact) mass is 366 g/mol. The summed E-state index contributed by atoms with van der Waals surface area (Å²) in [6.45, 7) is 2.05. The molecule has 2 N–H and O–H groups in total. The van der Waals surface area contributed by atoms with Crippen LogP contribution in [0.3, 0.4) is 0 Å². The zero-order chi connectivity index (χ0) is 18.7. The van der Waals surface area contributed by atoms with E-state index < -0.39 is 22.9 Å². The molecule has 26 heavy (non-hydrogen) atoms. The Morgan fingerprint density at radius 1 is 1.27 bits per heavy atom. The van der Waals surface area contributed by atoms with Gasteiger partial charge in [-0.2, -0.15) is 13.2 Å². The SMILES string of the molecule is C[C@@H]1CCC(CC2(O)CC2)N1c1ccc2[nH]c(=O)cc(C(F)(F)F)c2c1. The lowest BCUT2D eigenvalue weighted by Gasteiger charge is -2.32. The average molecular weight is 366 g/mol. The first-order valence-corrected chi connectivity index (χ1v) is 8.91. The van der Waals surface area contributed by atoms with Crippen molar-refractivity contribution < 1.29 is 18.3 Å². The smallest absolute Gasteiger partial charge is 0.390 e. The molecule has 1 saturated carbocycles. The number of fused-ring (bicyclic) bond motifs is 1. The van der Waals surface area contributed by atoms with E-state index in [0.29, 0.717) is 18.2 Å². The first kappa shape index (κ1) is 17.4. The largest absolute Gasteiger partial charge is 0.417 e. The topological polar surface area (TPSA) is 56.3 Å². The number of aromatic nitrogens is 1. The maximum absolute atomic E-state index is 13.4. The fourth-order valence-corrected chi connectivity index (χ4v) is 4.16. The molecule has 7 heteroatoms. The van der Waals surface area contributed by atoms with Gasteiger partial charge in [-0.25, -0.2) is 0 Å². The van der Waals surface area contributed by atoms with E-state index in [9.17, 15) is 23.1 Å². The van der Waals surface area contributed by atoms with Crippen molar-refractivity contribution in [2.75, 3.05) is 4.90 Å². The number of H-pyrrole nitrogens is 1. The number of halogens is 3. The Morgan fingerprint density at radius 3 is 2.65 bits per heavy atom. The van der Waals surface area contributed by atoms with Gasteiger partial charge in [0.15, 0.2) is 0 Å². The third kappa shape index (κ3) is 3.09. The summed E-state index contributed by atoms with van der Waals surface area (Å²) in [5.74, 6) is 0. The van der Waals surface area contributed by atoms with Crippen molar-refractivity contribution in [3.05, 3.63) is 40.2 Å². The number of alkyl halides is 3. The van der Waals surface area contributed by atoms with Gasteiger partial charge in [0, 0.05) is 34.7 Å². The zero-order valence-electron chi connectivity index (χ0n) is 14.4. The number of hydrogen-bond donors (Lipinski definition) is 2. The highest BCUT2D eigenvalue weighted by molar-refractivity contribution is 5.86. The van der Waals surface area contributed by atoms with E-state index in [-0.39, 0.29) is 23.0 Å². The third-order valence-electron chi connectivity index (χ3n) is 5.66. The molecule has 1 unspecified atom stereocenters. The second-order valence-corrected chi connectivity index (χ2v) is 7.69. The van der Waals surface area contributed by atoms with Gasteiger partial charge in [0.25, 0.3) is 0 Å². The number of rotatable bonds is 3. The van der Waals surface area contributed by atoms with E-state index in [1.165, 1.54) is 12.1 Å². The summed E-state index contributed by atoms with van der Waals surface area (Å²) in [7, 11) is 0. The molecule has 1 aliphatic carbocycles. The number of aliphatic hydroxyl groups is 1. The molecule has 0 radical (unpaired) electrons. The van der Waals surface area contributed by atoms with Crippen molar-refractivity contribution >= 4 is 16.6 Å². The van der Waals surface area contributed by atoms with Crippen LogP contribution in [0.25, 0.3) is 10.9 Å². The quantitative estimate of drug-likeness (QED) is 0.868. The molecule has 2 aliphatic rings. The molecule has 4 nitrogen and oxygen atoms in total. The van der Waals surface area contributed by atoms with Crippen LogP contribution in [-0.4, -0.2) is 27.8 Å². The molecule has 1 saturated heterocycles. The molecule has 0 amide bonds. The molecule has 2 fully saturated rings. The van der Waals surface area contributed by atoms with E-state index in [4.69, 9.17) is 0 Å². The number of aromatic amines is 1. The lowest BCUT2D eigenvalue weighted by atomic mass is 10.0. The van der Waals surface area contributed by atoms with Gasteiger partial charge in [-0.3, -0.25) is 4.79 Å². The number of nitrogens with one attached hydrogen (secondary N) is 1. The number of benzene rings is 1. The molecule has 1 aliphatic heterocycles. The summed E-state index contributed by atoms with van der Waals surface area (Å²) in [5, 5.41) is 10.3. The zero-order valence-corrected chi connectivity index (χ0v) is 14.4. The lowest BCUT2D eigenvalue weighted by molar-refractivity contribution is -0.136. The van der Waals surface area contributed by atoms with Gasteiger partial charge in [0.2, 0.25) is 5.56 Å². The fourth-order valence-electron chi connectivity index (χ4n) is 4.16. The van der Waals surface area contributed by atoms with Crippen LogP contribution in [0.4, 0.5) is 18.9 Å².